The molecule has 0 atom stereocenters. The van der Waals surface area contributed by atoms with Crippen LogP contribution in [0.25, 0.3) is 11.3 Å². The van der Waals surface area contributed by atoms with E-state index < -0.39 is 0 Å². The molecule has 4 rings (SSSR count). The third-order valence-corrected chi connectivity index (χ3v) is 5.29. The highest BCUT2D eigenvalue weighted by Crippen LogP contribution is 2.32. The molecule has 2 heterocycles. The van der Waals surface area contributed by atoms with Crippen molar-refractivity contribution in [2.24, 2.45) is 5.92 Å². The van der Waals surface area contributed by atoms with Crippen molar-refractivity contribution in [1.29, 1.82) is 0 Å². The lowest BCUT2D eigenvalue weighted by molar-refractivity contribution is 0.434. The highest BCUT2D eigenvalue weighted by atomic mass is 15.3. The molecular formula is C20H25N3. The minimum atomic E-state index is 0.831. The van der Waals surface area contributed by atoms with Crippen molar-refractivity contribution >= 4 is 5.95 Å². The Bertz CT molecular complexity index is 673. The normalized spacial score (nSPS) is 18.7. The molecule has 0 N–H and O–H groups in total. The van der Waals surface area contributed by atoms with Gasteiger partial charge in [-0.3, -0.25) is 0 Å². The molecule has 0 unspecified atom stereocenters. The summed E-state index contributed by atoms with van der Waals surface area (Å²) in [7, 11) is 0. The quantitative estimate of drug-likeness (QED) is 0.830. The first-order valence-electron chi connectivity index (χ1n) is 9.01. The van der Waals surface area contributed by atoms with Crippen LogP contribution in [0, 0.1) is 5.92 Å². The van der Waals surface area contributed by atoms with E-state index in [0.717, 1.165) is 37.8 Å². The van der Waals surface area contributed by atoms with E-state index in [-0.39, 0.29) is 0 Å². The Hall–Kier alpha value is -1.90. The van der Waals surface area contributed by atoms with Crippen LogP contribution in [0.2, 0.25) is 0 Å². The van der Waals surface area contributed by atoms with Crippen molar-refractivity contribution in [3.05, 3.63) is 41.6 Å². The number of piperidine rings is 1. The fourth-order valence-electron chi connectivity index (χ4n) is 3.77. The zero-order valence-corrected chi connectivity index (χ0v) is 14.0. The number of rotatable bonds is 2. The minimum absolute atomic E-state index is 0.831. The van der Waals surface area contributed by atoms with Crippen molar-refractivity contribution in [3.63, 3.8) is 0 Å². The van der Waals surface area contributed by atoms with Gasteiger partial charge in [0.25, 0.3) is 0 Å². The first-order valence-corrected chi connectivity index (χ1v) is 9.01. The molecule has 1 saturated heterocycles. The monoisotopic (exact) mass is 307 g/mol. The van der Waals surface area contributed by atoms with Crippen LogP contribution in [-0.2, 0) is 12.8 Å². The second-order valence-corrected chi connectivity index (χ2v) is 7.04. The minimum Gasteiger partial charge on any atom is -0.341 e. The highest BCUT2D eigenvalue weighted by Gasteiger charge is 2.23. The van der Waals surface area contributed by atoms with Crippen molar-refractivity contribution in [1.82, 2.24) is 9.97 Å². The van der Waals surface area contributed by atoms with Gasteiger partial charge in [-0.25, -0.2) is 9.97 Å². The summed E-state index contributed by atoms with van der Waals surface area (Å²) in [5, 5.41) is 0. The summed E-state index contributed by atoms with van der Waals surface area (Å²) < 4.78 is 0. The van der Waals surface area contributed by atoms with E-state index in [0.29, 0.717) is 0 Å². The van der Waals surface area contributed by atoms with E-state index >= 15 is 0 Å². The molecule has 0 amide bonds. The number of anilines is 1. The molecule has 0 saturated carbocycles. The van der Waals surface area contributed by atoms with E-state index in [1.807, 2.05) is 0 Å². The van der Waals surface area contributed by atoms with Crippen molar-refractivity contribution in [2.75, 3.05) is 18.0 Å². The predicted octanol–water partition coefficient (Wildman–Crippen LogP) is 4.26. The summed E-state index contributed by atoms with van der Waals surface area (Å²) in [6.07, 6.45) is 7.25. The summed E-state index contributed by atoms with van der Waals surface area (Å²) >= 11 is 0. The number of hydrogen-bond donors (Lipinski definition) is 0. The van der Waals surface area contributed by atoms with Gasteiger partial charge in [-0.15, -0.1) is 0 Å². The van der Waals surface area contributed by atoms with E-state index in [4.69, 9.17) is 9.97 Å². The van der Waals surface area contributed by atoms with Gasteiger partial charge in [0.05, 0.1) is 5.69 Å². The predicted molar refractivity (Wildman–Crippen MR) is 94.7 cm³/mol. The van der Waals surface area contributed by atoms with Crippen molar-refractivity contribution in [3.8, 4) is 11.3 Å². The molecule has 0 radical (unpaired) electrons. The van der Waals surface area contributed by atoms with E-state index in [1.165, 1.54) is 48.2 Å². The van der Waals surface area contributed by atoms with Crippen LogP contribution in [-0.4, -0.2) is 23.1 Å². The van der Waals surface area contributed by atoms with Gasteiger partial charge in [-0.05, 0) is 44.4 Å². The van der Waals surface area contributed by atoms with Crippen LogP contribution in [0.5, 0.6) is 0 Å². The lowest BCUT2D eigenvalue weighted by atomic mass is 9.92. The average Bonchev–Trinajstić information content (AvgIpc) is 2.62. The van der Waals surface area contributed by atoms with Gasteiger partial charge < -0.3 is 4.90 Å². The Balaban J connectivity index is 1.76. The topological polar surface area (TPSA) is 29.0 Å². The summed E-state index contributed by atoms with van der Waals surface area (Å²) in [5.41, 5.74) is 5.08. The third kappa shape index (κ3) is 2.97. The van der Waals surface area contributed by atoms with Gasteiger partial charge in [0.2, 0.25) is 5.95 Å². The second kappa shape index (κ2) is 6.31. The van der Waals surface area contributed by atoms with Crippen LogP contribution in [0.4, 0.5) is 5.95 Å². The number of aryl methyl sites for hydroxylation is 1. The van der Waals surface area contributed by atoms with Crippen molar-refractivity contribution in [2.45, 2.75) is 45.4 Å². The summed E-state index contributed by atoms with van der Waals surface area (Å²) in [6, 6.07) is 10.6. The Kier molecular flexibility index (Phi) is 4.02. The highest BCUT2D eigenvalue weighted by molar-refractivity contribution is 5.66. The number of benzene rings is 1. The smallest absolute Gasteiger partial charge is 0.226 e. The second-order valence-electron chi connectivity index (χ2n) is 7.04. The number of nitrogens with zero attached hydrogens (tertiary/aromatic N) is 3. The van der Waals surface area contributed by atoms with Crippen LogP contribution in [0.15, 0.2) is 30.3 Å². The zero-order valence-electron chi connectivity index (χ0n) is 14.0. The van der Waals surface area contributed by atoms with Gasteiger partial charge in [-0.1, -0.05) is 37.3 Å². The van der Waals surface area contributed by atoms with Gasteiger partial charge in [0.15, 0.2) is 0 Å². The fourth-order valence-corrected chi connectivity index (χ4v) is 3.77. The maximum atomic E-state index is 5.02. The summed E-state index contributed by atoms with van der Waals surface area (Å²) in [5.74, 6) is 1.79. The van der Waals surface area contributed by atoms with Gasteiger partial charge >= 0.3 is 0 Å². The number of aromatic nitrogens is 2. The molecule has 1 aromatic carbocycles. The molecule has 1 aliphatic heterocycles. The van der Waals surface area contributed by atoms with Crippen LogP contribution >= 0.6 is 0 Å². The molecule has 1 aromatic heterocycles. The molecule has 0 spiro atoms. The Morgan fingerprint density at radius 3 is 2.48 bits per heavy atom. The largest absolute Gasteiger partial charge is 0.341 e. The molecule has 23 heavy (non-hydrogen) atoms. The maximum Gasteiger partial charge on any atom is 0.226 e. The molecule has 3 heteroatoms. The van der Waals surface area contributed by atoms with E-state index in [1.54, 1.807) is 0 Å². The Morgan fingerprint density at radius 2 is 1.70 bits per heavy atom. The lowest BCUT2D eigenvalue weighted by Crippen LogP contribution is -2.34. The molecule has 1 fully saturated rings. The average molecular weight is 307 g/mol. The molecule has 2 aromatic rings. The summed E-state index contributed by atoms with van der Waals surface area (Å²) in [6.45, 7) is 4.53. The first-order chi connectivity index (χ1) is 11.3. The first kappa shape index (κ1) is 14.7. The molecule has 0 bridgehead atoms. The van der Waals surface area contributed by atoms with E-state index in [9.17, 15) is 0 Å². The van der Waals surface area contributed by atoms with Crippen LogP contribution in [0.1, 0.15) is 43.9 Å². The van der Waals surface area contributed by atoms with Gasteiger partial charge in [-0.2, -0.15) is 0 Å². The number of fused-ring (bicyclic) bond motifs is 1. The summed E-state index contributed by atoms with van der Waals surface area (Å²) in [4.78, 5) is 12.4. The molecule has 1 aliphatic carbocycles. The molecule has 120 valence electrons. The van der Waals surface area contributed by atoms with Gasteiger partial charge in [0.1, 0.15) is 0 Å². The Morgan fingerprint density at radius 1 is 0.957 bits per heavy atom. The molecule has 3 nitrogen and oxygen atoms in total. The standard InChI is InChI=1S/C20H25N3/c1-15-11-13-23(14-12-15)20-21-18-10-6-5-9-17(18)19(22-20)16-7-3-2-4-8-16/h2-4,7-8,15H,5-6,9-14H2,1H3. The van der Waals surface area contributed by atoms with E-state index in [2.05, 4.69) is 42.2 Å². The van der Waals surface area contributed by atoms with Crippen LogP contribution < -0.4 is 4.90 Å². The SMILES string of the molecule is CC1CCN(c2nc3c(c(-c4ccccc4)n2)CCCC3)CC1. The molecular weight excluding hydrogens is 282 g/mol. The van der Waals surface area contributed by atoms with Crippen LogP contribution in [0.3, 0.4) is 0 Å². The van der Waals surface area contributed by atoms with Gasteiger partial charge in [0, 0.05) is 29.9 Å². The Labute approximate surface area is 138 Å². The fraction of sp³-hybridized carbons (Fsp3) is 0.500. The lowest BCUT2D eigenvalue weighted by Gasteiger charge is -2.31. The maximum absolute atomic E-state index is 5.02. The van der Waals surface area contributed by atoms with Crippen molar-refractivity contribution < 1.29 is 0 Å². The molecule has 2 aliphatic rings. The zero-order chi connectivity index (χ0) is 15.6. The number of hydrogen-bond acceptors (Lipinski definition) is 3. The third-order valence-electron chi connectivity index (χ3n) is 5.29.